The highest BCUT2D eigenvalue weighted by atomic mass is 16.5. The average molecular weight is 465 g/mol. The van der Waals surface area contributed by atoms with E-state index in [1.165, 1.54) is 40.7 Å². The van der Waals surface area contributed by atoms with E-state index in [4.69, 9.17) is 9.47 Å². The van der Waals surface area contributed by atoms with E-state index in [1.54, 1.807) is 0 Å². The molecule has 0 radical (unpaired) electrons. The summed E-state index contributed by atoms with van der Waals surface area (Å²) in [7, 11) is 0. The topological polar surface area (TPSA) is 38.7 Å². The van der Waals surface area contributed by atoms with Gasteiger partial charge in [0.1, 0.15) is 22.7 Å². The highest BCUT2D eigenvalue weighted by Gasteiger charge is 2.51. The van der Waals surface area contributed by atoms with Crippen LogP contribution in [-0.2, 0) is 6.42 Å². The van der Waals surface area contributed by atoms with Crippen LogP contribution in [0.25, 0.3) is 0 Å². The van der Waals surface area contributed by atoms with Crippen molar-refractivity contribution in [3.8, 4) is 11.5 Å². The van der Waals surface area contributed by atoms with E-state index in [0.29, 0.717) is 23.7 Å². The van der Waals surface area contributed by atoms with Crippen molar-refractivity contribution in [1.29, 1.82) is 0 Å². The number of rotatable bonds is 4. The summed E-state index contributed by atoms with van der Waals surface area (Å²) < 4.78 is 13.9. The Morgan fingerprint density at radius 3 is 2.06 bits per heavy atom. The van der Waals surface area contributed by atoms with E-state index in [1.807, 2.05) is 6.92 Å². The Labute approximate surface area is 206 Å². The van der Waals surface area contributed by atoms with Crippen LogP contribution in [0, 0.1) is 11.8 Å². The number of aliphatic hydroxyl groups is 1. The lowest BCUT2D eigenvalue weighted by Crippen LogP contribution is -2.48. The van der Waals surface area contributed by atoms with Crippen molar-refractivity contribution >= 4 is 0 Å². The first kappa shape index (κ1) is 24.0. The molecule has 186 valence electrons. The van der Waals surface area contributed by atoms with E-state index in [0.717, 1.165) is 43.6 Å². The van der Waals surface area contributed by atoms with Gasteiger partial charge in [-0.3, -0.25) is 0 Å². The van der Waals surface area contributed by atoms with Gasteiger partial charge in [0.15, 0.2) is 0 Å². The van der Waals surface area contributed by atoms with Gasteiger partial charge in [-0.1, -0.05) is 23.3 Å². The molecule has 0 saturated heterocycles. The van der Waals surface area contributed by atoms with E-state index >= 15 is 0 Å². The summed E-state index contributed by atoms with van der Waals surface area (Å²) in [6.07, 6.45) is 12.2. The van der Waals surface area contributed by atoms with Gasteiger partial charge in [-0.2, -0.15) is 0 Å². The van der Waals surface area contributed by atoms with Gasteiger partial charge in [-0.05, 0) is 105 Å². The van der Waals surface area contributed by atoms with Crippen molar-refractivity contribution in [2.24, 2.45) is 11.8 Å². The molecule has 1 aromatic rings. The van der Waals surface area contributed by atoms with Crippen LogP contribution in [0.4, 0.5) is 0 Å². The number of allylic oxidation sites excluding steroid dienone is 4. The SMILES string of the molecule is CC1=CC2c3c(CCC[C@H](C)O)cc4c(c3OC(C)(C)[C@@H]2CC1)C1C=C(C)CC[C@H]1C(C)(C)O4. The summed E-state index contributed by atoms with van der Waals surface area (Å²) in [6.45, 7) is 15.6. The molecule has 1 N–H and O–H groups in total. The molecule has 0 fully saturated rings. The van der Waals surface area contributed by atoms with Crippen molar-refractivity contribution in [3.63, 3.8) is 0 Å². The minimum Gasteiger partial charge on any atom is -0.487 e. The predicted molar refractivity (Wildman–Crippen MR) is 139 cm³/mol. The van der Waals surface area contributed by atoms with Crippen molar-refractivity contribution in [1.82, 2.24) is 0 Å². The highest BCUT2D eigenvalue weighted by Crippen LogP contribution is 2.60. The van der Waals surface area contributed by atoms with Crippen LogP contribution in [0.15, 0.2) is 29.4 Å². The van der Waals surface area contributed by atoms with Crippen LogP contribution < -0.4 is 9.47 Å². The summed E-state index contributed by atoms with van der Waals surface area (Å²) in [5.74, 6) is 3.81. The lowest BCUT2D eigenvalue weighted by atomic mass is 9.64. The molecule has 34 heavy (non-hydrogen) atoms. The quantitative estimate of drug-likeness (QED) is 0.466. The van der Waals surface area contributed by atoms with Crippen LogP contribution in [-0.4, -0.2) is 22.4 Å². The molecular weight excluding hydrogens is 420 g/mol. The Balaban J connectivity index is 1.73. The maximum atomic E-state index is 9.91. The molecule has 2 heterocycles. The van der Waals surface area contributed by atoms with Crippen molar-refractivity contribution in [2.45, 2.75) is 123 Å². The van der Waals surface area contributed by atoms with E-state index < -0.39 is 0 Å². The van der Waals surface area contributed by atoms with Gasteiger partial charge < -0.3 is 14.6 Å². The van der Waals surface area contributed by atoms with Gasteiger partial charge in [-0.15, -0.1) is 0 Å². The molecule has 3 heteroatoms. The fourth-order valence-electron chi connectivity index (χ4n) is 7.35. The first-order valence-corrected chi connectivity index (χ1v) is 13.6. The van der Waals surface area contributed by atoms with Crippen LogP contribution in [0.5, 0.6) is 11.5 Å². The number of aryl methyl sites for hydroxylation is 1. The van der Waals surface area contributed by atoms with Crippen molar-refractivity contribution < 1.29 is 14.6 Å². The Bertz CT molecular complexity index is 1030. The van der Waals surface area contributed by atoms with Crippen LogP contribution in [0.1, 0.15) is 116 Å². The van der Waals surface area contributed by atoms with Crippen LogP contribution in [0.3, 0.4) is 0 Å². The van der Waals surface area contributed by atoms with Crippen LogP contribution >= 0.6 is 0 Å². The summed E-state index contributed by atoms with van der Waals surface area (Å²) in [6, 6.07) is 2.35. The number of ether oxygens (including phenoxy) is 2. The molecule has 2 unspecified atom stereocenters. The monoisotopic (exact) mass is 464 g/mol. The van der Waals surface area contributed by atoms with Gasteiger partial charge in [0, 0.05) is 34.8 Å². The van der Waals surface area contributed by atoms with E-state index in [9.17, 15) is 5.11 Å². The normalized spacial score (nSPS) is 31.4. The molecule has 2 aliphatic carbocycles. The van der Waals surface area contributed by atoms with Gasteiger partial charge in [0.05, 0.1) is 6.10 Å². The number of aliphatic hydroxyl groups excluding tert-OH is 1. The first-order chi connectivity index (χ1) is 16.0. The number of fused-ring (bicyclic) bond motifs is 7. The average Bonchev–Trinajstić information content (AvgIpc) is 2.71. The fraction of sp³-hybridized carbons (Fsp3) is 0.677. The lowest BCUT2D eigenvalue weighted by molar-refractivity contribution is -0.00605. The summed E-state index contributed by atoms with van der Waals surface area (Å²) in [4.78, 5) is 0. The summed E-state index contributed by atoms with van der Waals surface area (Å²) >= 11 is 0. The largest absolute Gasteiger partial charge is 0.487 e. The molecule has 0 spiro atoms. The zero-order valence-electron chi connectivity index (χ0n) is 22.3. The van der Waals surface area contributed by atoms with E-state index in [-0.39, 0.29) is 17.3 Å². The Hall–Kier alpha value is -1.74. The Kier molecular flexibility index (Phi) is 5.95. The summed E-state index contributed by atoms with van der Waals surface area (Å²) in [5.41, 5.74) is 6.64. The molecule has 0 aromatic heterocycles. The van der Waals surface area contributed by atoms with Crippen LogP contribution in [0.2, 0.25) is 0 Å². The predicted octanol–water partition coefficient (Wildman–Crippen LogP) is 7.61. The molecule has 0 saturated carbocycles. The van der Waals surface area contributed by atoms with E-state index in [2.05, 4.69) is 59.8 Å². The Morgan fingerprint density at radius 2 is 1.47 bits per heavy atom. The lowest BCUT2D eigenvalue weighted by Gasteiger charge is -2.51. The van der Waals surface area contributed by atoms with Gasteiger partial charge >= 0.3 is 0 Å². The molecule has 0 bridgehead atoms. The molecular formula is C31H44O3. The molecule has 0 amide bonds. The zero-order valence-corrected chi connectivity index (χ0v) is 22.3. The second-order valence-electron chi connectivity index (χ2n) is 12.7. The standard InChI is InChI=1S/C31H44O3/c1-18-11-13-24-22(15-18)27-21(10-8-9-20(3)32)17-26-28(29(27)34-31(24,6)7)23-16-19(2)12-14-25(23)30(4,5)33-26/h15-17,20,22-25,32H,8-14H2,1-7H3/t20-,22?,23?,24+,25+/m0/s1. The Morgan fingerprint density at radius 1 is 0.912 bits per heavy atom. The number of hydrogen-bond donors (Lipinski definition) is 1. The molecule has 4 aliphatic rings. The van der Waals surface area contributed by atoms with Gasteiger partial charge in [0.25, 0.3) is 0 Å². The molecule has 1 aromatic carbocycles. The minimum atomic E-state index is -0.264. The smallest absolute Gasteiger partial charge is 0.131 e. The fourth-order valence-corrected chi connectivity index (χ4v) is 7.35. The molecule has 5 rings (SSSR count). The maximum absolute atomic E-state index is 9.91. The third kappa shape index (κ3) is 4.02. The molecule has 3 nitrogen and oxygen atoms in total. The zero-order chi connectivity index (χ0) is 24.4. The molecule has 2 aliphatic heterocycles. The third-order valence-electron chi connectivity index (χ3n) is 9.16. The van der Waals surface area contributed by atoms with Crippen molar-refractivity contribution in [2.75, 3.05) is 0 Å². The van der Waals surface area contributed by atoms with Gasteiger partial charge in [0.2, 0.25) is 0 Å². The number of benzene rings is 1. The third-order valence-corrected chi connectivity index (χ3v) is 9.16. The summed E-state index contributed by atoms with van der Waals surface area (Å²) in [5, 5.41) is 9.91. The second-order valence-corrected chi connectivity index (χ2v) is 12.7. The van der Waals surface area contributed by atoms with Gasteiger partial charge in [-0.25, -0.2) is 0 Å². The highest BCUT2D eigenvalue weighted by molar-refractivity contribution is 5.62. The maximum Gasteiger partial charge on any atom is 0.131 e. The number of hydrogen-bond acceptors (Lipinski definition) is 3. The second kappa shape index (κ2) is 8.43. The first-order valence-electron chi connectivity index (χ1n) is 13.6. The molecule has 5 atom stereocenters. The van der Waals surface area contributed by atoms with Crippen molar-refractivity contribution in [3.05, 3.63) is 46.1 Å². The minimum absolute atomic E-state index is 0.200.